The van der Waals surface area contributed by atoms with E-state index in [0.29, 0.717) is 10.2 Å². The first-order valence-corrected chi connectivity index (χ1v) is 10.1. The Morgan fingerprint density at radius 1 is 1.21 bits per heavy atom. The van der Waals surface area contributed by atoms with E-state index in [0.717, 1.165) is 20.6 Å². The molecule has 0 saturated carbocycles. The lowest BCUT2D eigenvalue weighted by Crippen LogP contribution is -2.42. The SMILES string of the molecule is CCC(C(N)=O)n1c(=O)[nH]c2sc(C)c(-c3ccc(C(C)(C)C)cc3)c2c1=O. The average molecular weight is 400 g/mol. The number of amides is 1. The number of aromatic amines is 1. The van der Waals surface area contributed by atoms with Gasteiger partial charge in [0.25, 0.3) is 5.56 Å². The summed E-state index contributed by atoms with van der Waals surface area (Å²) >= 11 is 1.36. The molecule has 0 radical (unpaired) electrons. The Kier molecular flexibility index (Phi) is 5.06. The molecule has 3 rings (SSSR count). The lowest BCUT2D eigenvalue weighted by Gasteiger charge is -2.19. The van der Waals surface area contributed by atoms with Crippen LogP contribution in [-0.2, 0) is 10.2 Å². The van der Waals surface area contributed by atoms with Crippen molar-refractivity contribution in [1.82, 2.24) is 9.55 Å². The number of nitrogens with two attached hydrogens (primary N) is 1. The van der Waals surface area contributed by atoms with E-state index in [1.807, 2.05) is 19.1 Å². The van der Waals surface area contributed by atoms with Crippen LogP contribution in [0.2, 0.25) is 0 Å². The monoisotopic (exact) mass is 399 g/mol. The second kappa shape index (κ2) is 7.05. The Morgan fingerprint density at radius 2 is 1.82 bits per heavy atom. The Morgan fingerprint density at radius 3 is 2.32 bits per heavy atom. The minimum absolute atomic E-state index is 0.0259. The molecule has 28 heavy (non-hydrogen) atoms. The van der Waals surface area contributed by atoms with Gasteiger partial charge in [-0.1, -0.05) is 52.0 Å². The van der Waals surface area contributed by atoms with Crippen LogP contribution in [0.4, 0.5) is 0 Å². The van der Waals surface area contributed by atoms with Crippen LogP contribution in [0.15, 0.2) is 33.9 Å². The van der Waals surface area contributed by atoms with Crippen LogP contribution >= 0.6 is 11.3 Å². The van der Waals surface area contributed by atoms with Crippen LogP contribution in [0.5, 0.6) is 0 Å². The number of rotatable bonds is 4. The van der Waals surface area contributed by atoms with Crippen LogP contribution in [-0.4, -0.2) is 15.5 Å². The van der Waals surface area contributed by atoms with Crippen molar-refractivity contribution in [3.8, 4) is 11.1 Å². The summed E-state index contributed by atoms with van der Waals surface area (Å²) in [5.41, 5.74) is 7.24. The van der Waals surface area contributed by atoms with Gasteiger partial charge >= 0.3 is 5.69 Å². The van der Waals surface area contributed by atoms with Crippen molar-refractivity contribution in [2.45, 2.75) is 52.5 Å². The van der Waals surface area contributed by atoms with Gasteiger partial charge in [0.05, 0.1) is 5.39 Å². The molecular weight excluding hydrogens is 374 g/mol. The number of fused-ring (bicyclic) bond motifs is 1. The van der Waals surface area contributed by atoms with E-state index in [-0.39, 0.29) is 11.8 Å². The van der Waals surface area contributed by atoms with Crippen molar-refractivity contribution in [1.29, 1.82) is 0 Å². The minimum atomic E-state index is -0.975. The number of benzene rings is 1. The number of carbonyl (C=O) groups is 1. The fourth-order valence-electron chi connectivity index (χ4n) is 3.49. The van der Waals surface area contributed by atoms with Gasteiger partial charge in [-0.25, -0.2) is 9.36 Å². The zero-order chi connectivity index (χ0) is 20.8. The number of thiophene rings is 1. The molecule has 0 saturated heterocycles. The highest BCUT2D eigenvalue weighted by Gasteiger charge is 2.24. The molecule has 2 heterocycles. The number of hydrogen-bond acceptors (Lipinski definition) is 4. The van der Waals surface area contributed by atoms with E-state index < -0.39 is 23.2 Å². The van der Waals surface area contributed by atoms with Gasteiger partial charge in [-0.3, -0.25) is 14.6 Å². The minimum Gasteiger partial charge on any atom is -0.368 e. The van der Waals surface area contributed by atoms with E-state index >= 15 is 0 Å². The number of H-pyrrole nitrogens is 1. The lowest BCUT2D eigenvalue weighted by atomic mass is 9.86. The third kappa shape index (κ3) is 3.30. The molecule has 0 fully saturated rings. The van der Waals surface area contributed by atoms with Gasteiger partial charge in [0, 0.05) is 10.4 Å². The third-order valence-corrected chi connectivity index (χ3v) is 6.04. The van der Waals surface area contributed by atoms with Crippen molar-refractivity contribution in [3.05, 3.63) is 55.5 Å². The molecule has 148 valence electrons. The Bertz CT molecular complexity index is 1160. The summed E-state index contributed by atoms with van der Waals surface area (Å²) in [5.74, 6) is -0.697. The highest BCUT2D eigenvalue weighted by Crippen LogP contribution is 2.36. The second-order valence-electron chi connectivity index (χ2n) is 8.00. The number of carbonyl (C=O) groups excluding carboxylic acids is 1. The molecule has 0 aliphatic carbocycles. The second-order valence-corrected chi connectivity index (χ2v) is 9.22. The maximum atomic E-state index is 13.2. The Balaban J connectivity index is 2.30. The third-order valence-electron chi connectivity index (χ3n) is 5.02. The first-order chi connectivity index (χ1) is 13.1. The van der Waals surface area contributed by atoms with Gasteiger partial charge in [-0.15, -0.1) is 11.3 Å². The predicted molar refractivity (Wildman–Crippen MR) is 114 cm³/mol. The van der Waals surface area contributed by atoms with E-state index in [1.165, 1.54) is 16.9 Å². The van der Waals surface area contributed by atoms with Gasteiger partial charge in [-0.05, 0) is 29.9 Å². The van der Waals surface area contributed by atoms with E-state index in [2.05, 4.69) is 37.9 Å². The van der Waals surface area contributed by atoms with Gasteiger partial charge in [-0.2, -0.15) is 0 Å². The molecule has 7 heteroatoms. The average Bonchev–Trinajstić information content (AvgIpc) is 2.93. The van der Waals surface area contributed by atoms with Crippen LogP contribution in [0, 0.1) is 6.92 Å². The summed E-state index contributed by atoms with van der Waals surface area (Å²) in [4.78, 5) is 41.7. The highest BCUT2D eigenvalue weighted by atomic mass is 32.1. The summed E-state index contributed by atoms with van der Waals surface area (Å²) in [6.07, 6.45) is 0.266. The molecule has 1 amide bonds. The number of nitrogens with zero attached hydrogens (tertiary/aromatic N) is 1. The lowest BCUT2D eigenvalue weighted by molar-refractivity contribution is -0.121. The highest BCUT2D eigenvalue weighted by molar-refractivity contribution is 7.19. The van der Waals surface area contributed by atoms with Crippen LogP contribution in [0.1, 0.15) is 50.6 Å². The van der Waals surface area contributed by atoms with Crippen molar-refractivity contribution < 1.29 is 4.79 Å². The summed E-state index contributed by atoms with van der Waals surface area (Å²) in [5, 5.41) is 0.422. The Labute approximate surface area is 167 Å². The van der Waals surface area contributed by atoms with Crippen LogP contribution in [0.25, 0.3) is 21.3 Å². The zero-order valence-corrected chi connectivity index (χ0v) is 17.6. The smallest absolute Gasteiger partial charge is 0.330 e. The van der Waals surface area contributed by atoms with Crippen molar-refractivity contribution in [3.63, 3.8) is 0 Å². The summed E-state index contributed by atoms with van der Waals surface area (Å²) in [6.45, 7) is 10.1. The van der Waals surface area contributed by atoms with Gasteiger partial charge < -0.3 is 5.73 Å². The molecule has 2 aromatic heterocycles. The number of aryl methyl sites for hydroxylation is 1. The molecule has 3 N–H and O–H groups in total. The topological polar surface area (TPSA) is 97.9 Å². The molecule has 0 aliphatic heterocycles. The number of hydrogen-bond donors (Lipinski definition) is 2. The van der Waals surface area contributed by atoms with Gasteiger partial charge in [0.2, 0.25) is 5.91 Å². The van der Waals surface area contributed by atoms with Gasteiger partial charge in [0.15, 0.2) is 0 Å². The van der Waals surface area contributed by atoms with Crippen molar-refractivity contribution in [2.24, 2.45) is 5.73 Å². The fraction of sp³-hybridized carbons (Fsp3) is 0.381. The van der Waals surface area contributed by atoms with Crippen LogP contribution in [0.3, 0.4) is 0 Å². The maximum absolute atomic E-state index is 13.2. The molecule has 0 bridgehead atoms. The van der Waals surface area contributed by atoms with Crippen molar-refractivity contribution in [2.75, 3.05) is 0 Å². The zero-order valence-electron chi connectivity index (χ0n) is 16.8. The quantitative estimate of drug-likeness (QED) is 0.703. The standard InChI is InChI=1S/C21H25N3O3S/c1-6-14(17(22)25)24-19(26)16-15(11(2)28-18(16)23-20(24)27)12-7-9-13(10-8-12)21(3,4)5/h7-10,14H,6H2,1-5H3,(H2,22,25)(H,23,27). The van der Waals surface area contributed by atoms with E-state index in [1.54, 1.807) is 6.92 Å². The van der Waals surface area contributed by atoms with Crippen molar-refractivity contribution >= 4 is 27.5 Å². The maximum Gasteiger partial charge on any atom is 0.330 e. The molecule has 6 nitrogen and oxygen atoms in total. The van der Waals surface area contributed by atoms with Gasteiger partial charge in [0.1, 0.15) is 10.9 Å². The summed E-state index contributed by atoms with van der Waals surface area (Å²) in [7, 11) is 0. The predicted octanol–water partition coefficient (Wildman–Crippen LogP) is 3.46. The number of aromatic nitrogens is 2. The molecule has 1 atom stereocenters. The van der Waals surface area contributed by atoms with E-state index in [9.17, 15) is 14.4 Å². The first-order valence-electron chi connectivity index (χ1n) is 9.24. The first kappa shape index (κ1) is 20.1. The fourth-order valence-corrected chi connectivity index (χ4v) is 4.54. The molecular formula is C21H25N3O3S. The normalized spacial score (nSPS) is 13.0. The van der Waals surface area contributed by atoms with E-state index in [4.69, 9.17) is 5.73 Å². The molecule has 3 aromatic rings. The number of primary amides is 1. The number of nitrogens with one attached hydrogen (secondary N) is 1. The molecule has 0 aliphatic rings. The molecule has 1 unspecified atom stereocenters. The Hall–Kier alpha value is -2.67. The largest absolute Gasteiger partial charge is 0.368 e. The van der Waals surface area contributed by atoms with Crippen LogP contribution < -0.4 is 17.0 Å². The molecule has 1 aromatic carbocycles. The summed E-state index contributed by atoms with van der Waals surface area (Å²) < 4.78 is 0.948. The molecule has 0 spiro atoms. The summed E-state index contributed by atoms with van der Waals surface area (Å²) in [6, 6.07) is 7.13.